The molecule has 1 heterocycles. The molecular formula is C17H26ClN3O3S. The fourth-order valence-electron chi connectivity index (χ4n) is 2.77. The summed E-state index contributed by atoms with van der Waals surface area (Å²) in [5, 5.41) is 3.31. The van der Waals surface area contributed by atoms with E-state index in [2.05, 4.69) is 12.2 Å². The van der Waals surface area contributed by atoms with Crippen molar-refractivity contribution in [2.45, 2.75) is 31.1 Å². The summed E-state index contributed by atoms with van der Waals surface area (Å²) in [5.74, 6) is 0.00208. The maximum absolute atomic E-state index is 12.6. The van der Waals surface area contributed by atoms with E-state index in [1.807, 2.05) is 4.90 Å². The van der Waals surface area contributed by atoms with Gasteiger partial charge in [-0.15, -0.1) is 0 Å². The molecular weight excluding hydrogens is 362 g/mol. The number of carbonyl (C=O) groups excluding carboxylic acids is 1. The minimum Gasteiger partial charge on any atom is -0.355 e. The average molecular weight is 388 g/mol. The zero-order chi connectivity index (χ0) is 18.3. The summed E-state index contributed by atoms with van der Waals surface area (Å²) >= 11 is 5.90. The Morgan fingerprint density at radius 3 is 2.56 bits per heavy atom. The number of unbranched alkanes of at least 4 members (excludes halogenated alkanes) is 2. The Kier molecular flexibility index (Phi) is 7.68. The number of piperazine rings is 1. The molecule has 0 spiro atoms. The van der Waals surface area contributed by atoms with Crippen molar-refractivity contribution in [3.63, 3.8) is 0 Å². The summed E-state index contributed by atoms with van der Waals surface area (Å²) in [6.45, 7) is 4.98. The van der Waals surface area contributed by atoms with E-state index in [0.29, 0.717) is 44.3 Å². The molecule has 0 saturated carbocycles. The van der Waals surface area contributed by atoms with Gasteiger partial charge in [-0.3, -0.25) is 9.69 Å². The lowest BCUT2D eigenvalue weighted by Gasteiger charge is -2.33. The number of rotatable bonds is 8. The van der Waals surface area contributed by atoms with Gasteiger partial charge in [0.2, 0.25) is 15.9 Å². The molecule has 140 valence electrons. The summed E-state index contributed by atoms with van der Waals surface area (Å²) in [6.07, 6.45) is 3.23. The van der Waals surface area contributed by atoms with Crippen LogP contribution in [0.5, 0.6) is 0 Å². The number of halogens is 1. The predicted molar refractivity (Wildman–Crippen MR) is 99.2 cm³/mol. The highest BCUT2D eigenvalue weighted by molar-refractivity contribution is 7.89. The number of carbonyl (C=O) groups is 1. The van der Waals surface area contributed by atoms with Gasteiger partial charge in [0, 0.05) is 37.7 Å². The molecule has 0 radical (unpaired) electrons. The fraction of sp³-hybridized carbons (Fsp3) is 0.588. The SMILES string of the molecule is CCCCCNC(=O)CN1CCN(S(=O)(=O)c2cccc(Cl)c2)CC1. The van der Waals surface area contributed by atoms with Gasteiger partial charge in [0.1, 0.15) is 0 Å². The molecule has 0 aliphatic carbocycles. The second-order valence-electron chi connectivity index (χ2n) is 6.19. The Morgan fingerprint density at radius 1 is 1.20 bits per heavy atom. The Balaban J connectivity index is 1.82. The second kappa shape index (κ2) is 9.52. The molecule has 8 heteroatoms. The third kappa shape index (κ3) is 5.95. The highest BCUT2D eigenvalue weighted by Gasteiger charge is 2.29. The first-order valence-corrected chi connectivity index (χ1v) is 10.5. The molecule has 1 N–H and O–H groups in total. The van der Waals surface area contributed by atoms with Crippen molar-refractivity contribution in [1.29, 1.82) is 0 Å². The minimum atomic E-state index is -3.54. The summed E-state index contributed by atoms with van der Waals surface area (Å²) in [6, 6.07) is 6.30. The molecule has 1 aliphatic heterocycles. The molecule has 1 saturated heterocycles. The van der Waals surface area contributed by atoms with Gasteiger partial charge in [-0.25, -0.2) is 8.42 Å². The lowest BCUT2D eigenvalue weighted by atomic mass is 10.2. The largest absolute Gasteiger partial charge is 0.355 e. The predicted octanol–water partition coefficient (Wildman–Crippen LogP) is 1.95. The maximum Gasteiger partial charge on any atom is 0.243 e. The Hall–Kier alpha value is -1.15. The third-order valence-corrected chi connectivity index (χ3v) is 6.36. The van der Waals surface area contributed by atoms with Crippen molar-refractivity contribution >= 4 is 27.5 Å². The Morgan fingerprint density at radius 2 is 1.92 bits per heavy atom. The zero-order valence-electron chi connectivity index (χ0n) is 14.6. The van der Waals surface area contributed by atoms with Crippen molar-refractivity contribution in [3.05, 3.63) is 29.3 Å². The van der Waals surface area contributed by atoms with E-state index in [1.165, 1.54) is 10.4 Å². The second-order valence-corrected chi connectivity index (χ2v) is 8.57. The number of nitrogens with one attached hydrogen (secondary N) is 1. The van der Waals surface area contributed by atoms with Crippen LogP contribution in [0.2, 0.25) is 5.02 Å². The number of sulfonamides is 1. The highest BCUT2D eigenvalue weighted by Crippen LogP contribution is 2.20. The molecule has 0 bridgehead atoms. The lowest BCUT2D eigenvalue weighted by Crippen LogP contribution is -2.51. The third-order valence-electron chi connectivity index (χ3n) is 4.23. The summed E-state index contributed by atoms with van der Waals surface area (Å²) in [4.78, 5) is 14.1. The van der Waals surface area contributed by atoms with Gasteiger partial charge in [-0.2, -0.15) is 4.31 Å². The van der Waals surface area contributed by atoms with E-state index >= 15 is 0 Å². The number of hydrogen-bond acceptors (Lipinski definition) is 4. The summed E-state index contributed by atoms with van der Waals surface area (Å²) in [7, 11) is -3.54. The van der Waals surface area contributed by atoms with Gasteiger partial charge in [-0.1, -0.05) is 37.4 Å². The Labute approximate surface area is 155 Å². The van der Waals surface area contributed by atoms with E-state index in [1.54, 1.807) is 18.2 Å². The smallest absolute Gasteiger partial charge is 0.243 e. The zero-order valence-corrected chi connectivity index (χ0v) is 16.2. The molecule has 25 heavy (non-hydrogen) atoms. The molecule has 2 rings (SSSR count). The van der Waals surface area contributed by atoms with Crippen LogP contribution in [0.4, 0.5) is 0 Å². The molecule has 1 aliphatic rings. The van der Waals surface area contributed by atoms with Crippen LogP contribution in [0.15, 0.2) is 29.2 Å². The molecule has 0 unspecified atom stereocenters. The van der Waals surface area contributed by atoms with E-state index in [0.717, 1.165) is 19.3 Å². The van der Waals surface area contributed by atoms with Crippen molar-refractivity contribution in [2.75, 3.05) is 39.3 Å². The van der Waals surface area contributed by atoms with Crippen molar-refractivity contribution in [1.82, 2.24) is 14.5 Å². The molecule has 6 nitrogen and oxygen atoms in total. The van der Waals surface area contributed by atoms with Gasteiger partial charge < -0.3 is 5.32 Å². The summed E-state index contributed by atoms with van der Waals surface area (Å²) < 4.78 is 26.7. The van der Waals surface area contributed by atoms with E-state index in [-0.39, 0.29) is 10.8 Å². The van der Waals surface area contributed by atoms with Crippen LogP contribution in [0.1, 0.15) is 26.2 Å². The molecule has 1 amide bonds. The maximum atomic E-state index is 12.6. The standard InChI is InChI=1S/C17H26ClN3O3S/c1-2-3-4-8-19-17(22)14-20-9-11-21(12-10-20)25(23,24)16-7-5-6-15(18)13-16/h5-7,13H,2-4,8-12,14H2,1H3,(H,19,22). The number of hydrogen-bond donors (Lipinski definition) is 1. The number of amides is 1. The first kappa shape index (κ1) is 20.2. The monoisotopic (exact) mass is 387 g/mol. The Bertz CT molecular complexity index is 673. The molecule has 0 atom stereocenters. The van der Waals surface area contributed by atoms with Crippen LogP contribution in [-0.4, -0.2) is 62.8 Å². The number of benzene rings is 1. The van der Waals surface area contributed by atoms with Crippen LogP contribution >= 0.6 is 11.6 Å². The van der Waals surface area contributed by atoms with Crippen LogP contribution in [0.3, 0.4) is 0 Å². The fourth-order valence-corrected chi connectivity index (χ4v) is 4.49. The van der Waals surface area contributed by atoms with Gasteiger partial charge in [0.05, 0.1) is 11.4 Å². The first-order valence-electron chi connectivity index (χ1n) is 8.68. The topological polar surface area (TPSA) is 69.7 Å². The molecule has 0 aromatic heterocycles. The van der Waals surface area contributed by atoms with Crippen LogP contribution in [0.25, 0.3) is 0 Å². The van der Waals surface area contributed by atoms with Gasteiger partial charge in [0.15, 0.2) is 0 Å². The first-order chi connectivity index (χ1) is 11.9. The number of nitrogens with zero attached hydrogens (tertiary/aromatic N) is 2. The minimum absolute atomic E-state index is 0.00208. The average Bonchev–Trinajstić information content (AvgIpc) is 2.59. The van der Waals surface area contributed by atoms with Gasteiger partial charge >= 0.3 is 0 Å². The van der Waals surface area contributed by atoms with Crippen molar-refractivity contribution < 1.29 is 13.2 Å². The van der Waals surface area contributed by atoms with E-state index in [9.17, 15) is 13.2 Å². The van der Waals surface area contributed by atoms with Crippen molar-refractivity contribution in [2.24, 2.45) is 0 Å². The van der Waals surface area contributed by atoms with Crippen LogP contribution in [0, 0.1) is 0 Å². The highest BCUT2D eigenvalue weighted by atomic mass is 35.5. The molecule has 1 aromatic carbocycles. The summed E-state index contributed by atoms with van der Waals surface area (Å²) in [5.41, 5.74) is 0. The molecule has 1 fully saturated rings. The van der Waals surface area contributed by atoms with Gasteiger partial charge in [-0.05, 0) is 24.6 Å². The van der Waals surface area contributed by atoms with Gasteiger partial charge in [0.25, 0.3) is 0 Å². The molecule has 1 aromatic rings. The lowest BCUT2D eigenvalue weighted by molar-refractivity contribution is -0.122. The van der Waals surface area contributed by atoms with Crippen LogP contribution in [-0.2, 0) is 14.8 Å². The van der Waals surface area contributed by atoms with Crippen molar-refractivity contribution in [3.8, 4) is 0 Å². The van der Waals surface area contributed by atoms with E-state index in [4.69, 9.17) is 11.6 Å². The normalized spacial score (nSPS) is 16.7. The van der Waals surface area contributed by atoms with E-state index < -0.39 is 10.0 Å². The van der Waals surface area contributed by atoms with Crippen LogP contribution < -0.4 is 5.32 Å². The quantitative estimate of drug-likeness (QED) is 0.692.